The quantitative estimate of drug-likeness (QED) is 0.444. The van der Waals surface area contributed by atoms with Crippen LogP contribution in [0.5, 0.6) is 5.75 Å². The van der Waals surface area contributed by atoms with Crippen molar-refractivity contribution in [2.45, 2.75) is 39.0 Å². The van der Waals surface area contributed by atoms with Crippen molar-refractivity contribution in [1.82, 2.24) is 0 Å². The third-order valence-corrected chi connectivity index (χ3v) is 6.02. The van der Waals surface area contributed by atoms with Gasteiger partial charge in [0.25, 0.3) is 0 Å². The van der Waals surface area contributed by atoms with Gasteiger partial charge < -0.3 is 5.11 Å². The van der Waals surface area contributed by atoms with Gasteiger partial charge in [-0.3, -0.25) is 0 Å². The summed E-state index contributed by atoms with van der Waals surface area (Å²) in [6.45, 7) is 8.82. The maximum atomic E-state index is 9.68. The predicted molar refractivity (Wildman–Crippen MR) is 92.1 cm³/mol. The lowest BCUT2D eigenvalue weighted by atomic mass is 9.86. The Morgan fingerprint density at radius 1 is 1.00 bits per heavy atom. The van der Waals surface area contributed by atoms with Crippen molar-refractivity contribution in [3.63, 3.8) is 0 Å². The molecule has 0 heterocycles. The largest absolute Gasteiger partial charge is 0.505 e. The van der Waals surface area contributed by atoms with Crippen LogP contribution in [0.2, 0.25) is 20.1 Å². The van der Waals surface area contributed by atoms with E-state index in [-0.39, 0.29) is 31.3 Å². The highest BCUT2D eigenvalue weighted by atomic mass is 35.5. The van der Waals surface area contributed by atoms with Crippen molar-refractivity contribution in [2.75, 3.05) is 5.75 Å². The van der Waals surface area contributed by atoms with E-state index in [9.17, 15) is 5.11 Å². The Kier molecular flexibility index (Phi) is 6.68. The highest BCUT2D eigenvalue weighted by Gasteiger charge is 2.22. The topological polar surface area (TPSA) is 20.2 Å². The summed E-state index contributed by atoms with van der Waals surface area (Å²) < 4.78 is 0. The molecule has 0 amide bonds. The molecule has 6 heteroatoms. The molecule has 1 aromatic rings. The molecule has 1 nitrogen and oxygen atoms in total. The second kappa shape index (κ2) is 7.19. The van der Waals surface area contributed by atoms with E-state index >= 15 is 0 Å². The second-order valence-electron chi connectivity index (χ2n) is 6.11. The molecular weight excluding hydrogens is 358 g/mol. The highest BCUT2D eigenvalue weighted by Crippen LogP contribution is 2.49. The molecule has 0 radical (unpaired) electrons. The van der Waals surface area contributed by atoms with Gasteiger partial charge in [-0.25, -0.2) is 0 Å². The Morgan fingerprint density at radius 3 is 1.85 bits per heavy atom. The molecule has 0 saturated heterocycles. The molecule has 0 spiro atoms. The summed E-state index contributed by atoms with van der Waals surface area (Å²) in [7, 11) is 0. The summed E-state index contributed by atoms with van der Waals surface area (Å²) in [5.74, 6) is 1.09. The van der Waals surface area contributed by atoms with Gasteiger partial charge in [-0.2, -0.15) is 0 Å². The van der Waals surface area contributed by atoms with Crippen LogP contribution in [0, 0.1) is 11.3 Å². The Morgan fingerprint density at radius 2 is 1.45 bits per heavy atom. The Bertz CT molecular complexity index is 468. The van der Waals surface area contributed by atoms with E-state index in [1.807, 2.05) is 0 Å². The van der Waals surface area contributed by atoms with Crippen LogP contribution in [0.25, 0.3) is 0 Å². The molecule has 0 saturated carbocycles. The summed E-state index contributed by atoms with van der Waals surface area (Å²) in [5, 5.41) is 10.3. The summed E-state index contributed by atoms with van der Waals surface area (Å²) in [4.78, 5) is 0.627. The summed E-state index contributed by atoms with van der Waals surface area (Å²) in [5.41, 5.74) is 0.276. The Balaban J connectivity index is 2.89. The van der Waals surface area contributed by atoms with Gasteiger partial charge in [0.1, 0.15) is 10.0 Å². The van der Waals surface area contributed by atoms with Crippen LogP contribution >= 0.6 is 58.2 Å². The molecule has 0 aliphatic rings. The van der Waals surface area contributed by atoms with Gasteiger partial charge in [-0.1, -0.05) is 74.1 Å². The molecule has 0 aliphatic heterocycles. The summed E-state index contributed by atoms with van der Waals surface area (Å²) >= 11 is 25.7. The van der Waals surface area contributed by atoms with Crippen LogP contribution in [0.3, 0.4) is 0 Å². The first kappa shape index (κ1) is 18.6. The minimum Gasteiger partial charge on any atom is -0.505 e. The fraction of sp³-hybridized carbons (Fsp3) is 0.571. The Labute approximate surface area is 144 Å². The van der Waals surface area contributed by atoms with Crippen LogP contribution in [0.15, 0.2) is 4.90 Å². The molecule has 1 atom stereocenters. The van der Waals surface area contributed by atoms with Gasteiger partial charge in [-0.05, 0) is 17.8 Å². The van der Waals surface area contributed by atoms with Gasteiger partial charge in [0, 0.05) is 10.6 Å². The first-order chi connectivity index (χ1) is 9.04. The first-order valence-corrected chi connectivity index (χ1v) is 8.72. The zero-order chi connectivity index (χ0) is 15.7. The lowest BCUT2D eigenvalue weighted by molar-refractivity contribution is 0.323. The predicted octanol–water partition coefficient (Wildman–Crippen LogP) is 7.17. The van der Waals surface area contributed by atoms with Crippen molar-refractivity contribution >= 4 is 58.2 Å². The average Bonchev–Trinajstić information content (AvgIpc) is 2.32. The fourth-order valence-corrected chi connectivity index (χ4v) is 4.37. The number of phenols is 1. The maximum absolute atomic E-state index is 9.68. The number of rotatable bonds is 4. The van der Waals surface area contributed by atoms with Crippen LogP contribution < -0.4 is 0 Å². The van der Waals surface area contributed by atoms with E-state index in [1.54, 1.807) is 0 Å². The third kappa shape index (κ3) is 4.78. The number of aromatic hydroxyl groups is 1. The zero-order valence-electron chi connectivity index (χ0n) is 11.9. The van der Waals surface area contributed by atoms with E-state index < -0.39 is 0 Å². The molecule has 0 fully saturated rings. The minimum absolute atomic E-state index is 0.0482. The third-order valence-electron chi connectivity index (χ3n) is 2.67. The minimum atomic E-state index is -0.268. The van der Waals surface area contributed by atoms with E-state index in [0.29, 0.717) is 10.8 Å². The lowest BCUT2D eigenvalue weighted by Gasteiger charge is -2.23. The smallest absolute Gasteiger partial charge is 0.155 e. The molecule has 1 unspecified atom stereocenters. The van der Waals surface area contributed by atoms with Gasteiger partial charge >= 0.3 is 0 Å². The van der Waals surface area contributed by atoms with Gasteiger partial charge in [0.2, 0.25) is 0 Å². The zero-order valence-corrected chi connectivity index (χ0v) is 15.7. The highest BCUT2D eigenvalue weighted by molar-refractivity contribution is 7.99. The number of benzene rings is 1. The average molecular weight is 376 g/mol. The first-order valence-electron chi connectivity index (χ1n) is 6.22. The van der Waals surface area contributed by atoms with Gasteiger partial charge in [0.15, 0.2) is 5.75 Å². The number of hydrogen-bond acceptors (Lipinski definition) is 2. The SMILES string of the molecule is CC(CSc1c(Cl)c(Cl)c(O)c(Cl)c1Cl)CC(C)(C)C. The van der Waals surface area contributed by atoms with Gasteiger partial charge in [-0.15, -0.1) is 11.8 Å². The van der Waals surface area contributed by atoms with E-state index in [4.69, 9.17) is 46.4 Å². The molecule has 114 valence electrons. The lowest BCUT2D eigenvalue weighted by Crippen LogP contribution is -2.12. The number of thioether (sulfide) groups is 1. The maximum Gasteiger partial charge on any atom is 0.155 e. The number of halogens is 4. The molecule has 0 bridgehead atoms. The fourth-order valence-electron chi connectivity index (χ4n) is 2.06. The summed E-state index contributed by atoms with van der Waals surface area (Å²) in [6, 6.07) is 0. The van der Waals surface area contributed by atoms with Crippen molar-refractivity contribution < 1.29 is 5.11 Å². The molecular formula is C14H18Cl4OS. The monoisotopic (exact) mass is 374 g/mol. The molecule has 20 heavy (non-hydrogen) atoms. The van der Waals surface area contributed by atoms with Crippen LogP contribution in [-0.4, -0.2) is 10.9 Å². The molecule has 0 aromatic heterocycles. The number of phenolic OH excluding ortho intramolecular Hbond substituents is 1. The normalized spacial score (nSPS) is 13.6. The molecule has 0 aliphatic carbocycles. The molecule has 1 rings (SSSR count). The van der Waals surface area contributed by atoms with Crippen LogP contribution in [0.4, 0.5) is 0 Å². The second-order valence-corrected chi connectivity index (χ2v) is 8.66. The standard InChI is InChI=1S/C14H18Cl4OS/c1-7(5-14(2,3)4)6-20-13-10(17)8(15)12(19)9(16)11(13)18/h7,19H,5-6H2,1-4H3. The van der Waals surface area contributed by atoms with Crippen molar-refractivity contribution in [3.8, 4) is 5.75 Å². The van der Waals surface area contributed by atoms with Crippen molar-refractivity contribution in [3.05, 3.63) is 20.1 Å². The Hall–Kier alpha value is 0.530. The van der Waals surface area contributed by atoms with Crippen LogP contribution in [-0.2, 0) is 0 Å². The van der Waals surface area contributed by atoms with E-state index in [2.05, 4.69) is 27.7 Å². The van der Waals surface area contributed by atoms with Crippen molar-refractivity contribution in [2.24, 2.45) is 11.3 Å². The summed E-state index contributed by atoms with van der Waals surface area (Å²) in [6.07, 6.45) is 1.09. The van der Waals surface area contributed by atoms with E-state index in [0.717, 1.165) is 12.2 Å². The van der Waals surface area contributed by atoms with E-state index in [1.165, 1.54) is 11.8 Å². The van der Waals surface area contributed by atoms with Crippen LogP contribution in [0.1, 0.15) is 34.1 Å². The van der Waals surface area contributed by atoms with Gasteiger partial charge in [0.05, 0.1) is 10.0 Å². The number of hydrogen-bond donors (Lipinski definition) is 1. The molecule has 1 N–H and O–H groups in total. The molecule has 1 aromatic carbocycles. The van der Waals surface area contributed by atoms with Crippen molar-refractivity contribution in [1.29, 1.82) is 0 Å².